The minimum atomic E-state index is -1.11. The van der Waals surface area contributed by atoms with Gasteiger partial charge in [-0.25, -0.2) is 0 Å². The summed E-state index contributed by atoms with van der Waals surface area (Å²) in [4.78, 5) is 1.46. The molecule has 46 heavy (non-hydrogen) atoms. The predicted octanol–water partition coefficient (Wildman–Crippen LogP) is 9.96. The van der Waals surface area contributed by atoms with Gasteiger partial charge in [0.05, 0.1) is 24.9 Å². The van der Waals surface area contributed by atoms with E-state index >= 15 is 0 Å². The summed E-state index contributed by atoms with van der Waals surface area (Å²) in [6, 6.07) is -2.41. The number of fused-ring (bicyclic) bond motifs is 4. The van der Waals surface area contributed by atoms with Gasteiger partial charge in [-0.2, -0.15) is 0 Å². The maximum atomic E-state index is 10.1. The summed E-state index contributed by atoms with van der Waals surface area (Å²) < 4.78 is 137. The molecule has 7 rings (SSSR count). The zero-order valence-corrected chi connectivity index (χ0v) is 28.1. The average Bonchev–Trinajstić information content (AvgIpc) is 3.11. The van der Waals surface area contributed by atoms with Crippen LogP contribution in [0.3, 0.4) is 0 Å². The fraction of sp³-hybridized carbons (Fsp3) is 0.302. The molecule has 0 amide bonds. The van der Waals surface area contributed by atoms with Crippen LogP contribution in [0.25, 0.3) is 11.1 Å². The zero-order chi connectivity index (χ0) is 44.9. The van der Waals surface area contributed by atoms with E-state index in [4.69, 9.17) is 13.0 Å². The van der Waals surface area contributed by atoms with E-state index in [9.17, 15) is 11.0 Å². The van der Waals surface area contributed by atoms with Crippen LogP contribution >= 0.6 is 0 Å². The van der Waals surface area contributed by atoms with E-state index in [2.05, 4.69) is 0 Å². The number of aryl methyl sites for hydroxylation is 1. The lowest BCUT2D eigenvalue weighted by Gasteiger charge is -2.42. The van der Waals surface area contributed by atoms with E-state index < -0.39 is 59.2 Å². The third-order valence-corrected chi connectivity index (χ3v) is 8.45. The second-order valence-corrected chi connectivity index (χ2v) is 15.3. The molecule has 0 N–H and O–H groups in total. The Labute approximate surface area is 296 Å². The number of hydrogen-bond donors (Lipinski definition) is 0. The van der Waals surface area contributed by atoms with Crippen molar-refractivity contribution >= 4 is 40.2 Å². The lowest BCUT2D eigenvalue weighted by molar-refractivity contribution is 0.486. The van der Waals surface area contributed by atoms with Crippen molar-refractivity contribution in [2.75, 3.05) is 4.90 Å². The summed E-state index contributed by atoms with van der Waals surface area (Å²) in [5, 5.41) is 0. The number of hydrogen-bond acceptors (Lipinski definition) is 2. The third-order valence-electron chi connectivity index (χ3n) is 8.45. The van der Waals surface area contributed by atoms with Crippen LogP contribution in [0, 0.1) is 6.92 Å². The largest absolute Gasteiger partial charge is 0.458 e. The van der Waals surface area contributed by atoms with Crippen LogP contribution < -0.4 is 26.0 Å². The molecule has 2 aliphatic heterocycles. The Hall–Kier alpha value is -4.24. The van der Waals surface area contributed by atoms with Crippen molar-refractivity contribution in [2.24, 2.45) is 0 Å². The highest BCUT2D eigenvalue weighted by Crippen LogP contribution is 2.46. The third kappa shape index (κ3) is 5.05. The van der Waals surface area contributed by atoms with Crippen LogP contribution in [0.1, 0.15) is 104 Å². The number of nitrogens with zero attached hydrogens (tertiary/aromatic N) is 1. The summed E-state index contributed by atoms with van der Waals surface area (Å²) in [5.41, 5.74) is -1.62. The molecule has 2 aliphatic rings. The Bertz CT molecular complexity index is 2730. The molecule has 0 radical (unpaired) electrons. The van der Waals surface area contributed by atoms with Gasteiger partial charge in [0.25, 0.3) is 6.71 Å². The lowest BCUT2D eigenvalue weighted by Crippen LogP contribution is -2.59. The fourth-order valence-electron chi connectivity index (χ4n) is 5.93. The number of benzene rings is 5. The van der Waals surface area contributed by atoms with E-state index in [-0.39, 0.29) is 116 Å². The zero-order valence-electron chi connectivity index (χ0n) is 42.1. The van der Waals surface area contributed by atoms with Crippen molar-refractivity contribution in [1.29, 1.82) is 0 Å². The van der Waals surface area contributed by atoms with Crippen LogP contribution in [-0.2, 0) is 16.2 Å². The van der Waals surface area contributed by atoms with Crippen molar-refractivity contribution in [3.05, 3.63) is 119 Å². The highest BCUT2D eigenvalue weighted by molar-refractivity contribution is 6.99. The van der Waals surface area contributed by atoms with Gasteiger partial charge in [0.2, 0.25) is 0 Å². The molecule has 0 aromatic heterocycles. The molecule has 3 heteroatoms. The topological polar surface area (TPSA) is 12.5 Å². The minimum absolute atomic E-state index is 0.0227. The first-order valence-electron chi connectivity index (χ1n) is 22.6. The van der Waals surface area contributed by atoms with Crippen LogP contribution in [0.15, 0.2) is 96.7 Å². The molecule has 5 aromatic rings. The fourth-order valence-corrected chi connectivity index (χ4v) is 5.93. The monoisotopic (exact) mass is 617 g/mol. The molecule has 0 fully saturated rings. The first-order chi connectivity index (χ1) is 27.5. The van der Waals surface area contributed by atoms with Gasteiger partial charge in [0, 0.05) is 16.9 Å². The molecule has 0 spiro atoms. The molecule has 5 aromatic carbocycles. The van der Waals surface area contributed by atoms with Crippen LogP contribution in [-0.4, -0.2) is 6.71 Å². The average molecular weight is 618 g/mol. The van der Waals surface area contributed by atoms with Crippen LogP contribution in [0.2, 0.25) is 0 Å². The maximum Gasteiger partial charge on any atom is 0.256 e. The second-order valence-electron chi connectivity index (χ2n) is 15.3. The van der Waals surface area contributed by atoms with Gasteiger partial charge >= 0.3 is 0 Å². The summed E-state index contributed by atoms with van der Waals surface area (Å²) in [6.45, 7) is 16.8. The molecule has 0 unspecified atom stereocenters. The van der Waals surface area contributed by atoms with E-state index in [0.717, 1.165) is 0 Å². The van der Waals surface area contributed by atoms with Crippen molar-refractivity contribution < 1.29 is 23.9 Å². The van der Waals surface area contributed by atoms with Crippen molar-refractivity contribution in [3.63, 3.8) is 0 Å². The van der Waals surface area contributed by atoms with Gasteiger partial charge < -0.3 is 9.64 Å². The van der Waals surface area contributed by atoms with Gasteiger partial charge in [-0.05, 0) is 104 Å². The van der Waals surface area contributed by atoms with E-state index in [1.54, 1.807) is 60.6 Å². The molecular formula is C43H46BNO. The summed E-state index contributed by atoms with van der Waals surface area (Å²) in [7, 11) is 0. The molecule has 2 nitrogen and oxygen atoms in total. The van der Waals surface area contributed by atoms with Gasteiger partial charge in [-0.3, -0.25) is 0 Å². The minimum Gasteiger partial charge on any atom is -0.458 e. The number of anilines is 3. The first-order valence-corrected chi connectivity index (χ1v) is 15.6. The molecular weight excluding hydrogens is 557 g/mol. The van der Waals surface area contributed by atoms with Crippen LogP contribution in [0.5, 0.6) is 11.5 Å². The molecule has 0 saturated carbocycles. The molecule has 0 saturated heterocycles. The number of ether oxygens (including phenoxy) is 1. The Morgan fingerprint density at radius 1 is 0.587 bits per heavy atom. The summed E-state index contributed by atoms with van der Waals surface area (Å²) in [5.74, 6) is 0.118. The first kappa shape index (κ1) is 18.2. The highest BCUT2D eigenvalue weighted by Gasteiger charge is 2.43. The summed E-state index contributed by atoms with van der Waals surface area (Å²) >= 11 is 0. The smallest absolute Gasteiger partial charge is 0.256 e. The van der Waals surface area contributed by atoms with E-state index in [1.807, 2.05) is 20.8 Å². The Balaban J connectivity index is 1.80. The molecule has 2 heterocycles. The second kappa shape index (κ2) is 10.4. The van der Waals surface area contributed by atoms with Gasteiger partial charge in [-0.15, -0.1) is 0 Å². The van der Waals surface area contributed by atoms with E-state index in [1.165, 1.54) is 4.90 Å². The number of rotatable bonds is 2. The van der Waals surface area contributed by atoms with Crippen molar-refractivity contribution in [2.45, 2.75) is 85.5 Å². The van der Waals surface area contributed by atoms with E-state index in [0.29, 0.717) is 11.0 Å². The molecule has 0 aliphatic carbocycles. The van der Waals surface area contributed by atoms with Gasteiger partial charge in [0.15, 0.2) is 0 Å². The maximum absolute atomic E-state index is 10.1. The summed E-state index contributed by atoms with van der Waals surface area (Å²) in [6.07, 6.45) is 0. The van der Waals surface area contributed by atoms with Gasteiger partial charge in [0.1, 0.15) is 11.5 Å². The lowest BCUT2D eigenvalue weighted by atomic mass is 9.34. The normalized spacial score (nSPS) is 18.2. The standard InChI is InChI=1S/C43H46BNO/c1-27-22-37-40-39(23-27)46-38-21-18-30(42(5,6)7)25-34(38)44(40)33-19-16-31(43(8,9)10)26-36(33)45(37)35-20-17-29(41(2,3)4)24-32(35)28-14-12-11-13-15-28/h11-26H,1-10H3/i11D,12D,13D,14D,15D,16D,17D,18D,19D,20D,21D,24D,25D,26D. The quantitative estimate of drug-likeness (QED) is 0.179. The molecule has 0 bridgehead atoms. The molecule has 232 valence electrons. The predicted molar refractivity (Wildman–Crippen MR) is 199 cm³/mol. The highest BCUT2D eigenvalue weighted by atomic mass is 16.5. The SMILES string of the molecule is [2H]c1c([2H])c([2H])c(-c2c([2H])c(C(C)(C)C)c([2H])c([2H])c2N2c3cc(C)cc4c3B(c3c([2H])c(C(C)(C)C)c([2H])c([2H])c3O4)c3c([2H])c([2H])c(C(C)(C)C)c([2H])c32)c([2H])c1[2H]. The van der Waals surface area contributed by atoms with Crippen molar-refractivity contribution in [1.82, 2.24) is 0 Å². The Kier molecular flexibility index (Phi) is 4.11. The van der Waals surface area contributed by atoms with Gasteiger partial charge in [-0.1, -0.05) is 123 Å². The van der Waals surface area contributed by atoms with Crippen molar-refractivity contribution in [3.8, 4) is 22.6 Å². The Morgan fingerprint density at radius 3 is 1.87 bits per heavy atom. The van der Waals surface area contributed by atoms with Crippen LogP contribution in [0.4, 0.5) is 17.1 Å². The Morgan fingerprint density at radius 2 is 1.20 bits per heavy atom. The molecule has 0 atom stereocenters.